The number of nitrogens with zero attached hydrogens (tertiary/aromatic N) is 3. The van der Waals surface area contributed by atoms with Gasteiger partial charge < -0.3 is 5.32 Å². The van der Waals surface area contributed by atoms with Gasteiger partial charge in [-0.3, -0.25) is 14.5 Å². The topological polar surface area (TPSA) is 67.2 Å². The standard InChI is InChI=1S/C30H26F4N4O2/c1-4-37-28-24(18(3)36-38(28)22-11-6-5-7-12-22)25(19-13-14-23(31)17(2)15-19)26(29(37)40)35-27(39)20-9-8-10-21(16-20)30(32,33)34/h5-16,25-26H,4H2,1-3H3,(H,35,39)/t25-,26-/m0/s1. The zero-order valence-electron chi connectivity index (χ0n) is 22.0. The van der Waals surface area contributed by atoms with Crippen molar-refractivity contribution in [2.24, 2.45) is 0 Å². The van der Waals surface area contributed by atoms with Gasteiger partial charge in [0.05, 0.1) is 16.9 Å². The van der Waals surface area contributed by atoms with Crippen molar-refractivity contribution in [3.8, 4) is 5.69 Å². The zero-order chi connectivity index (χ0) is 28.8. The number of aromatic nitrogens is 2. The van der Waals surface area contributed by atoms with Gasteiger partial charge in [-0.25, -0.2) is 9.07 Å². The summed E-state index contributed by atoms with van der Waals surface area (Å²) in [4.78, 5) is 28.9. The van der Waals surface area contributed by atoms with Crippen LogP contribution in [0.1, 0.15) is 51.1 Å². The Hall–Kier alpha value is -4.47. The van der Waals surface area contributed by atoms with Gasteiger partial charge in [-0.1, -0.05) is 36.4 Å². The lowest BCUT2D eigenvalue weighted by Crippen LogP contribution is -2.55. The molecular formula is C30H26F4N4O2. The lowest BCUT2D eigenvalue weighted by atomic mass is 9.80. The van der Waals surface area contributed by atoms with E-state index in [2.05, 4.69) is 5.32 Å². The molecule has 4 aromatic rings. The summed E-state index contributed by atoms with van der Waals surface area (Å²) in [5.74, 6) is -1.98. The van der Waals surface area contributed by atoms with E-state index in [1.807, 2.05) is 30.3 Å². The largest absolute Gasteiger partial charge is 0.416 e. The molecule has 10 heteroatoms. The number of nitrogens with one attached hydrogen (secondary N) is 1. The fourth-order valence-corrected chi connectivity index (χ4v) is 5.21. The van der Waals surface area contributed by atoms with Gasteiger partial charge in [-0.05, 0) is 68.3 Å². The Kier molecular flexibility index (Phi) is 6.95. The average Bonchev–Trinajstić information content (AvgIpc) is 3.27. The second-order valence-electron chi connectivity index (χ2n) is 9.67. The molecule has 1 aromatic heterocycles. The van der Waals surface area contributed by atoms with E-state index in [9.17, 15) is 27.2 Å². The second kappa shape index (κ2) is 10.3. The summed E-state index contributed by atoms with van der Waals surface area (Å²) in [5, 5.41) is 7.43. The Morgan fingerprint density at radius 3 is 2.38 bits per heavy atom. The minimum absolute atomic E-state index is 0.234. The normalized spacial score (nSPS) is 17.1. The summed E-state index contributed by atoms with van der Waals surface area (Å²) in [6.45, 7) is 5.42. The van der Waals surface area contributed by atoms with Crippen LogP contribution >= 0.6 is 0 Å². The zero-order valence-corrected chi connectivity index (χ0v) is 22.0. The number of carbonyl (C=O) groups is 2. The van der Waals surface area contributed by atoms with E-state index in [0.29, 0.717) is 28.2 Å². The molecule has 0 saturated heterocycles. The van der Waals surface area contributed by atoms with Gasteiger partial charge in [-0.15, -0.1) is 0 Å². The van der Waals surface area contributed by atoms with Gasteiger partial charge >= 0.3 is 6.18 Å². The first-order chi connectivity index (χ1) is 19.0. The molecular weight excluding hydrogens is 524 g/mol. The number of likely N-dealkylation sites (N-methyl/N-ethyl adjacent to an activating group) is 1. The van der Waals surface area contributed by atoms with Crippen LogP contribution in [0, 0.1) is 19.7 Å². The van der Waals surface area contributed by atoms with Crippen molar-refractivity contribution in [3.63, 3.8) is 0 Å². The van der Waals surface area contributed by atoms with Crippen molar-refractivity contribution in [1.82, 2.24) is 15.1 Å². The number of amides is 2. The molecule has 0 unspecified atom stereocenters. The SMILES string of the molecule is CCN1C(=O)[C@@H](NC(=O)c2cccc(C(F)(F)F)c2)[C@@H](c2ccc(F)c(C)c2)c2c(C)nn(-c3ccccc3)c21. The second-order valence-corrected chi connectivity index (χ2v) is 9.67. The lowest BCUT2D eigenvalue weighted by molar-refractivity contribution is -0.137. The van der Waals surface area contributed by atoms with Crippen LogP contribution in [0.4, 0.5) is 23.4 Å². The third-order valence-corrected chi connectivity index (χ3v) is 7.11. The molecule has 5 rings (SSSR count). The number of benzene rings is 3. The summed E-state index contributed by atoms with van der Waals surface area (Å²) >= 11 is 0. The highest BCUT2D eigenvalue weighted by molar-refractivity contribution is 6.05. The molecule has 0 radical (unpaired) electrons. The molecule has 40 heavy (non-hydrogen) atoms. The molecule has 1 aliphatic heterocycles. The minimum atomic E-state index is -4.64. The van der Waals surface area contributed by atoms with Gasteiger partial charge in [-0.2, -0.15) is 18.3 Å². The molecule has 0 saturated carbocycles. The van der Waals surface area contributed by atoms with Gasteiger partial charge in [0.15, 0.2) is 0 Å². The van der Waals surface area contributed by atoms with Crippen LogP contribution in [-0.4, -0.2) is 34.2 Å². The van der Waals surface area contributed by atoms with E-state index >= 15 is 0 Å². The molecule has 2 heterocycles. The first-order valence-corrected chi connectivity index (χ1v) is 12.7. The predicted octanol–water partition coefficient (Wildman–Crippen LogP) is 5.94. The van der Waals surface area contributed by atoms with Crippen molar-refractivity contribution in [2.75, 3.05) is 11.4 Å². The molecule has 3 aromatic carbocycles. The lowest BCUT2D eigenvalue weighted by Gasteiger charge is -2.38. The highest BCUT2D eigenvalue weighted by Gasteiger charge is 2.45. The number of para-hydroxylation sites is 1. The Bertz CT molecular complexity index is 1600. The number of hydrogen-bond acceptors (Lipinski definition) is 3. The molecule has 1 aliphatic rings. The van der Waals surface area contributed by atoms with Gasteiger partial charge in [0.25, 0.3) is 11.8 Å². The van der Waals surface area contributed by atoms with Gasteiger partial charge in [0.1, 0.15) is 17.7 Å². The summed E-state index contributed by atoms with van der Waals surface area (Å²) in [5.41, 5.74) is 1.68. The van der Waals surface area contributed by atoms with Crippen LogP contribution < -0.4 is 10.2 Å². The molecule has 2 atom stereocenters. The van der Waals surface area contributed by atoms with E-state index in [1.165, 1.54) is 17.0 Å². The number of anilines is 1. The smallest absolute Gasteiger partial charge is 0.339 e. The third kappa shape index (κ3) is 4.74. The van der Waals surface area contributed by atoms with Crippen molar-refractivity contribution < 1.29 is 27.2 Å². The Morgan fingerprint density at radius 1 is 1.00 bits per heavy atom. The van der Waals surface area contributed by atoms with Crippen LogP contribution in [0.5, 0.6) is 0 Å². The quantitative estimate of drug-likeness (QED) is 0.313. The summed E-state index contributed by atoms with van der Waals surface area (Å²) in [6, 6.07) is 16.6. The number of aryl methyl sites for hydroxylation is 2. The maximum absolute atomic E-state index is 14.3. The van der Waals surface area contributed by atoms with Gasteiger partial charge in [0, 0.05) is 23.6 Å². The summed E-state index contributed by atoms with van der Waals surface area (Å²) < 4.78 is 55.9. The van der Waals surface area contributed by atoms with Crippen LogP contribution in [0.25, 0.3) is 5.69 Å². The minimum Gasteiger partial charge on any atom is -0.339 e. The Morgan fingerprint density at radius 2 is 1.73 bits per heavy atom. The number of hydrogen-bond donors (Lipinski definition) is 1. The molecule has 0 bridgehead atoms. The summed E-state index contributed by atoms with van der Waals surface area (Å²) in [6.07, 6.45) is -4.64. The Labute approximate surface area is 228 Å². The fourth-order valence-electron chi connectivity index (χ4n) is 5.21. The highest BCUT2D eigenvalue weighted by atomic mass is 19.4. The van der Waals surface area contributed by atoms with Crippen molar-refractivity contribution >= 4 is 17.6 Å². The third-order valence-electron chi connectivity index (χ3n) is 7.11. The number of rotatable bonds is 5. The van der Waals surface area contributed by atoms with Crippen LogP contribution in [0.3, 0.4) is 0 Å². The highest BCUT2D eigenvalue weighted by Crippen LogP contribution is 2.43. The van der Waals surface area contributed by atoms with Crippen LogP contribution in [-0.2, 0) is 11.0 Å². The van der Waals surface area contributed by atoms with Gasteiger partial charge in [0.2, 0.25) is 0 Å². The maximum atomic E-state index is 14.3. The van der Waals surface area contributed by atoms with Crippen LogP contribution in [0.2, 0.25) is 0 Å². The fraction of sp³-hybridized carbons (Fsp3) is 0.233. The van der Waals surface area contributed by atoms with Crippen molar-refractivity contribution in [2.45, 2.75) is 38.9 Å². The van der Waals surface area contributed by atoms with E-state index in [4.69, 9.17) is 5.10 Å². The maximum Gasteiger partial charge on any atom is 0.416 e. The molecule has 2 amide bonds. The molecule has 0 spiro atoms. The monoisotopic (exact) mass is 550 g/mol. The number of fused-ring (bicyclic) bond motifs is 1. The predicted molar refractivity (Wildman–Crippen MR) is 142 cm³/mol. The first kappa shape index (κ1) is 27.1. The van der Waals surface area contributed by atoms with E-state index in [0.717, 1.165) is 23.9 Å². The molecule has 206 valence electrons. The van der Waals surface area contributed by atoms with E-state index in [-0.39, 0.29) is 12.1 Å². The van der Waals surface area contributed by atoms with E-state index in [1.54, 1.807) is 37.6 Å². The van der Waals surface area contributed by atoms with Crippen LogP contribution in [0.15, 0.2) is 72.8 Å². The number of carbonyl (C=O) groups excluding carboxylic acids is 2. The molecule has 0 fully saturated rings. The Balaban J connectivity index is 1.67. The average molecular weight is 551 g/mol. The van der Waals surface area contributed by atoms with Crippen molar-refractivity contribution in [1.29, 1.82) is 0 Å². The van der Waals surface area contributed by atoms with E-state index < -0.39 is 41.3 Å². The van der Waals surface area contributed by atoms with Crippen molar-refractivity contribution in [3.05, 3.63) is 112 Å². The molecule has 6 nitrogen and oxygen atoms in total. The first-order valence-electron chi connectivity index (χ1n) is 12.7. The number of halogens is 4. The molecule has 1 N–H and O–H groups in total. The molecule has 0 aliphatic carbocycles. The number of alkyl halides is 3. The summed E-state index contributed by atoms with van der Waals surface area (Å²) in [7, 11) is 0.